The van der Waals surface area contributed by atoms with Gasteiger partial charge in [-0.15, -0.1) is 0 Å². The summed E-state index contributed by atoms with van der Waals surface area (Å²) in [6, 6.07) is 0. The van der Waals surface area contributed by atoms with E-state index in [9.17, 15) is 23.1 Å². The topological polar surface area (TPSA) is 113 Å². The normalized spacial score (nSPS) is 23.5. The van der Waals surface area contributed by atoms with Crippen molar-refractivity contribution in [1.29, 1.82) is 0 Å². The summed E-state index contributed by atoms with van der Waals surface area (Å²) in [4.78, 5) is 22.8. The number of aliphatic carboxylic acids is 1. The van der Waals surface area contributed by atoms with Gasteiger partial charge in [-0.3, -0.25) is 4.79 Å². The van der Waals surface area contributed by atoms with Crippen molar-refractivity contribution in [2.75, 3.05) is 19.7 Å². The number of carboxylic acid groups (broad SMARTS) is 1. The Labute approximate surface area is 124 Å². The van der Waals surface area contributed by atoms with Crippen molar-refractivity contribution in [3.8, 4) is 0 Å². The molecule has 122 valence electrons. The van der Waals surface area contributed by atoms with Gasteiger partial charge >= 0.3 is 22.3 Å². The number of carbonyl (C=O) groups is 2. The van der Waals surface area contributed by atoms with Gasteiger partial charge in [0.05, 0.1) is 12.0 Å². The highest BCUT2D eigenvalue weighted by Crippen LogP contribution is 2.35. The number of amides is 1. The third-order valence-corrected chi connectivity index (χ3v) is 4.97. The maximum Gasteiger partial charge on any atom is 0.421 e. The lowest BCUT2D eigenvalue weighted by Gasteiger charge is -2.38. The second-order valence-electron chi connectivity index (χ2n) is 5.10. The largest absolute Gasteiger partial charge is 0.481 e. The zero-order valence-corrected chi connectivity index (χ0v) is 13.1. The average molecular weight is 322 g/mol. The van der Waals surface area contributed by atoms with Crippen LogP contribution in [0.5, 0.6) is 0 Å². The number of rotatable bonds is 6. The van der Waals surface area contributed by atoms with Crippen molar-refractivity contribution in [2.24, 2.45) is 5.41 Å². The maximum atomic E-state index is 12.1. The Kier molecular flexibility index (Phi) is 5.97. The highest BCUT2D eigenvalue weighted by atomic mass is 32.2. The summed E-state index contributed by atoms with van der Waals surface area (Å²) >= 11 is 0. The van der Waals surface area contributed by atoms with Gasteiger partial charge in [0.2, 0.25) is 0 Å². The summed E-state index contributed by atoms with van der Waals surface area (Å²) < 4.78 is 31.6. The molecule has 0 aromatic carbocycles. The molecule has 0 spiro atoms. The molecule has 1 fully saturated rings. The second kappa shape index (κ2) is 7.08. The third-order valence-electron chi connectivity index (χ3n) is 3.55. The Hall–Kier alpha value is -1.35. The molecule has 1 heterocycles. The van der Waals surface area contributed by atoms with E-state index in [-0.39, 0.29) is 19.7 Å². The molecule has 0 radical (unpaired) electrons. The average Bonchev–Trinajstić information content (AvgIpc) is 2.38. The molecule has 21 heavy (non-hydrogen) atoms. The van der Waals surface area contributed by atoms with Crippen LogP contribution in [0.4, 0.5) is 4.79 Å². The fourth-order valence-corrected chi connectivity index (χ4v) is 3.77. The molecule has 1 saturated heterocycles. The Bertz CT molecular complexity index is 488. The van der Waals surface area contributed by atoms with Crippen LogP contribution in [0.2, 0.25) is 0 Å². The molecule has 1 aliphatic rings. The summed E-state index contributed by atoms with van der Waals surface area (Å²) in [5, 5.41) is 9.44. The van der Waals surface area contributed by atoms with Crippen molar-refractivity contribution in [1.82, 2.24) is 9.03 Å². The highest BCUT2D eigenvalue weighted by molar-refractivity contribution is 7.87. The van der Waals surface area contributed by atoms with Crippen molar-refractivity contribution < 1.29 is 27.9 Å². The molecule has 1 rings (SSSR count). The first-order valence-corrected chi connectivity index (χ1v) is 8.39. The Morgan fingerprint density at radius 1 is 1.38 bits per heavy atom. The van der Waals surface area contributed by atoms with Crippen LogP contribution >= 0.6 is 0 Å². The summed E-state index contributed by atoms with van der Waals surface area (Å²) in [5.74, 6) is -1.000. The first-order valence-electron chi connectivity index (χ1n) is 6.95. The van der Waals surface area contributed by atoms with Gasteiger partial charge in [-0.1, -0.05) is 13.3 Å². The van der Waals surface area contributed by atoms with E-state index in [1.807, 2.05) is 6.92 Å². The number of nitrogens with one attached hydrogen (secondary N) is 1. The smallest absolute Gasteiger partial charge is 0.421 e. The minimum Gasteiger partial charge on any atom is -0.481 e. The molecule has 0 bridgehead atoms. The van der Waals surface area contributed by atoms with Crippen molar-refractivity contribution in [3.05, 3.63) is 0 Å². The molecular weight excluding hydrogens is 300 g/mol. The highest BCUT2D eigenvalue weighted by Gasteiger charge is 2.45. The van der Waals surface area contributed by atoms with E-state index in [0.29, 0.717) is 25.7 Å². The fraction of sp³-hybridized carbons (Fsp3) is 0.833. The van der Waals surface area contributed by atoms with Crippen molar-refractivity contribution in [3.63, 3.8) is 0 Å². The van der Waals surface area contributed by atoms with E-state index >= 15 is 0 Å². The predicted molar refractivity (Wildman–Crippen MR) is 74.9 cm³/mol. The number of nitrogens with zero attached hydrogens (tertiary/aromatic N) is 1. The van der Waals surface area contributed by atoms with Crippen molar-refractivity contribution in [2.45, 2.75) is 39.5 Å². The SMILES string of the molecule is CCCC1(C(=O)O)CCCN(S(=O)(=O)NC(=O)OCC)C1. The van der Waals surface area contributed by atoms with E-state index in [2.05, 4.69) is 4.74 Å². The number of carboxylic acids is 1. The molecule has 1 atom stereocenters. The maximum absolute atomic E-state index is 12.1. The van der Waals surface area contributed by atoms with Gasteiger partial charge in [-0.25, -0.2) is 9.52 Å². The summed E-state index contributed by atoms with van der Waals surface area (Å²) in [7, 11) is -4.08. The van der Waals surface area contributed by atoms with Gasteiger partial charge < -0.3 is 9.84 Å². The first kappa shape index (κ1) is 17.7. The Balaban J connectivity index is 2.88. The number of piperidine rings is 1. The summed E-state index contributed by atoms with van der Waals surface area (Å²) in [6.07, 6.45) is 0.858. The van der Waals surface area contributed by atoms with Gasteiger partial charge in [0.1, 0.15) is 0 Å². The lowest BCUT2D eigenvalue weighted by atomic mass is 9.77. The zero-order valence-electron chi connectivity index (χ0n) is 12.3. The Morgan fingerprint density at radius 3 is 2.57 bits per heavy atom. The van der Waals surface area contributed by atoms with Crippen LogP contribution in [0.25, 0.3) is 0 Å². The number of hydrogen-bond donors (Lipinski definition) is 2. The van der Waals surface area contributed by atoms with Crippen LogP contribution in [0.15, 0.2) is 0 Å². The predicted octanol–water partition coefficient (Wildman–Crippen LogP) is 0.944. The molecule has 9 heteroatoms. The third kappa shape index (κ3) is 4.31. The van der Waals surface area contributed by atoms with E-state index in [1.165, 1.54) is 0 Å². The number of ether oxygens (including phenoxy) is 1. The lowest BCUT2D eigenvalue weighted by Crippen LogP contribution is -2.53. The minimum absolute atomic E-state index is 0.0518. The molecule has 1 unspecified atom stereocenters. The van der Waals surface area contributed by atoms with Gasteiger partial charge in [-0.05, 0) is 26.2 Å². The quantitative estimate of drug-likeness (QED) is 0.752. The van der Waals surface area contributed by atoms with E-state index < -0.39 is 27.7 Å². The van der Waals surface area contributed by atoms with Gasteiger partial charge in [-0.2, -0.15) is 12.7 Å². The van der Waals surface area contributed by atoms with Crippen LogP contribution in [-0.4, -0.2) is 49.6 Å². The van der Waals surface area contributed by atoms with Crippen LogP contribution in [0, 0.1) is 5.41 Å². The zero-order chi connectivity index (χ0) is 16.1. The van der Waals surface area contributed by atoms with Gasteiger partial charge in [0.25, 0.3) is 0 Å². The van der Waals surface area contributed by atoms with E-state index in [0.717, 1.165) is 4.31 Å². The van der Waals surface area contributed by atoms with E-state index in [4.69, 9.17) is 0 Å². The van der Waals surface area contributed by atoms with Gasteiger partial charge in [0.15, 0.2) is 0 Å². The summed E-state index contributed by atoms with van der Waals surface area (Å²) in [6.45, 7) is 3.52. The first-order chi connectivity index (χ1) is 9.77. The van der Waals surface area contributed by atoms with E-state index in [1.54, 1.807) is 11.6 Å². The minimum atomic E-state index is -4.08. The van der Waals surface area contributed by atoms with Crippen LogP contribution < -0.4 is 4.72 Å². The second-order valence-corrected chi connectivity index (χ2v) is 6.77. The molecule has 8 nitrogen and oxygen atoms in total. The molecule has 0 aliphatic carbocycles. The molecular formula is C12H22N2O6S. The van der Waals surface area contributed by atoms with Crippen LogP contribution in [0.3, 0.4) is 0 Å². The monoisotopic (exact) mass is 322 g/mol. The standard InChI is InChI=1S/C12H22N2O6S/c1-3-6-12(10(15)16)7-5-8-14(9-12)21(18,19)13-11(17)20-4-2/h3-9H2,1-2H3,(H,13,17)(H,15,16). The van der Waals surface area contributed by atoms with Crippen LogP contribution in [0.1, 0.15) is 39.5 Å². The molecule has 1 aliphatic heterocycles. The molecule has 1 amide bonds. The van der Waals surface area contributed by atoms with Crippen molar-refractivity contribution >= 4 is 22.3 Å². The molecule has 2 N–H and O–H groups in total. The summed E-state index contributed by atoms with van der Waals surface area (Å²) in [5.41, 5.74) is -1.09. The number of hydrogen-bond acceptors (Lipinski definition) is 5. The van der Waals surface area contributed by atoms with Crippen LogP contribution in [-0.2, 0) is 19.7 Å². The Morgan fingerprint density at radius 2 is 2.05 bits per heavy atom. The molecule has 0 aromatic rings. The lowest BCUT2D eigenvalue weighted by molar-refractivity contribution is -0.151. The van der Waals surface area contributed by atoms with Gasteiger partial charge in [0, 0.05) is 13.1 Å². The fourth-order valence-electron chi connectivity index (χ4n) is 2.59. The number of carbonyl (C=O) groups excluding carboxylic acids is 1. The molecule has 0 aromatic heterocycles. The molecule has 0 saturated carbocycles.